The lowest BCUT2D eigenvalue weighted by molar-refractivity contribution is -0.0456. The maximum Gasteiger partial charge on any atom is 0.351 e. The molecule has 0 amide bonds. The highest BCUT2D eigenvalue weighted by Crippen LogP contribution is 2.33. The Balaban J connectivity index is 0.00000180. The van der Waals surface area contributed by atoms with Gasteiger partial charge in [-0.05, 0) is 6.07 Å². The molecule has 1 aromatic heterocycles. The van der Waals surface area contributed by atoms with Gasteiger partial charge in [-0.25, -0.2) is 4.79 Å². The molecule has 0 saturated carbocycles. The van der Waals surface area contributed by atoms with Crippen LogP contribution in [0.2, 0.25) is 0 Å². The second-order valence-electron chi connectivity index (χ2n) is 3.78. The summed E-state index contributed by atoms with van der Waals surface area (Å²) in [4.78, 5) is 15.1. The number of rotatable bonds is 3. The number of halogens is 3. The number of anilines is 1. The van der Waals surface area contributed by atoms with Crippen LogP contribution in [0.1, 0.15) is 6.23 Å². The first kappa shape index (κ1) is 17.1. The molecule has 19 heavy (non-hydrogen) atoms. The van der Waals surface area contributed by atoms with Gasteiger partial charge in [-0.3, -0.25) is 4.57 Å². The maximum absolute atomic E-state index is 11.8. The molecule has 2 heterocycles. The molecule has 0 unspecified atom stereocenters. The molecular weight excluding hydrogens is 456 g/mol. The van der Waals surface area contributed by atoms with E-state index >= 15 is 0 Å². The molecule has 0 aromatic carbocycles. The van der Waals surface area contributed by atoms with E-state index in [0.717, 1.165) is 0 Å². The molecule has 1 saturated heterocycles. The van der Waals surface area contributed by atoms with E-state index in [1.54, 1.807) is 6.07 Å². The zero-order chi connectivity index (χ0) is 13.3. The van der Waals surface area contributed by atoms with Crippen molar-refractivity contribution in [2.45, 2.75) is 23.3 Å². The highest BCUT2D eigenvalue weighted by Gasteiger charge is 2.43. The van der Waals surface area contributed by atoms with E-state index in [-0.39, 0.29) is 19.0 Å². The van der Waals surface area contributed by atoms with Crippen LogP contribution < -0.4 is 9.22 Å². The van der Waals surface area contributed by atoms with Crippen LogP contribution in [0.5, 0.6) is 0 Å². The number of aliphatic hydroxyl groups excluding tert-OH is 2. The Morgan fingerprint density at radius 1 is 1.63 bits per heavy atom. The predicted octanol–water partition coefficient (Wildman–Crippen LogP) is 0.441. The van der Waals surface area contributed by atoms with Crippen LogP contribution in [0.4, 0.5) is 5.82 Å². The number of nitrogens with zero attached hydrogens (tertiary/aromatic N) is 2. The molecule has 0 radical (unpaired) electrons. The lowest BCUT2D eigenvalue weighted by Gasteiger charge is -2.16. The summed E-state index contributed by atoms with van der Waals surface area (Å²) in [5.74, 6) is 0.445. The Labute approximate surface area is 137 Å². The van der Waals surface area contributed by atoms with Crippen molar-refractivity contribution in [3.05, 3.63) is 22.7 Å². The molecule has 4 atom stereocenters. The first-order valence-electron chi connectivity index (χ1n) is 5.12. The Morgan fingerprint density at radius 3 is 2.79 bits per heavy atom. The van der Waals surface area contributed by atoms with Crippen molar-refractivity contribution in [2.24, 2.45) is 0 Å². The molecule has 2 rings (SSSR count). The van der Waals surface area contributed by atoms with Crippen LogP contribution >= 0.6 is 51.2 Å². The number of aliphatic hydroxyl groups is 2. The van der Waals surface area contributed by atoms with E-state index in [4.69, 9.17) is 9.84 Å². The van der Waals surface area contributed by atoms with E-state index in [9.17, 15) is 9.90 Å². The molecule has 0 spiro atoms. The SMILES string of the molecule is Cl.O=c1nc(NI)ccn1[C@@H]1O[C@H](CO)[C@@H](O)[C@@H]1Br. The van der Waals surface area contributed by atoms with Gasteiger partial charge in [0.25, 0.3) is 0 Å². The van der Waals surface area contributed by atoms with Crippen LogP contribution in [0, 0.1) is 0 Å². The lowest BCUT2D eigenvalue weighted by Crippen LogP contribution is -2.32. The summed E-state index contributed by atoms with van der Waals surface area (Å²) in [6.45, 7) is -0.310. The molecule has 3 N–H and O–H groups in total. The van der Waals surface area contributed by atoms with E-state index in [1.807, 2.05) is 22.9 Å². The monoisotopic (exact) mass is 467 g/mol. The normalized spacial score (nSPS) is 29.9. The number of nitrogens with one attached hydrogen (secondary N) is 1. The third-order valence-electron chi connectivity index (χ3n) is 2.67. The van der Waals surface area contributed by atoms with Gasteiger partial charge in [0.05, 0.1) is 40.4 Å². The fourth-order valence-electron chi connectivity index (χ4n) is 1.74. The van der Waals surface area contributed by atoms with Crippen molar-refractivity contribution in [1.29, 1.82) is 0 Å². The summed E-state index contributed by atoms with van der Waals surface area (Å²) in [5, 5.41) is 18.9. The molecule has 1 fully saturated rings. The predicted molar refractivity (Wildman–Crippen MR) is 83.1 cm³/mol. The van der Waals surface area contributed by atoms with E-state index in [2.05, 4.69) is 24.4 Å². The third-order valence-corrected chi connectivity index (χ3v) is 4.22. The van der Waals surface area contributed by atoms with Crippen molar-refractivity contribution in [1.82, 2.24) is 9.55 Å². The fraction of sp³-hybridized carbons (Fsp3) is 0.556. The second-order valence-corrected chi connectivity index (χ2v) is 5.38. The first-order valence-corrected chi connectivity index (χ1v) is 7.12. The zero-order valence-electron chi connectivity index (χ0n) is 9.44. The fourth-order valence-corrected chi connectivity index (χ4v) is 2.76. The molecule has 1 aromatic rings. The minimum absolute atomic E-state index is 0. The number of hydrogen-bond acceptors (Lipinski definition) is 6. The highest BCUT2D eigenvalue weighted by molar-refractivity contribution is 14.1. The molecule has 1 aliphatic rings. The summed E-state index contributed by atoms with van der Waals surface area (Å²) in [6.07, 6.45) is -0.759. The molecule has 7 nitrogen and oxygen atoms in total. The van der Waals surface area contributed by atoms with Crippen molar-refractivity contribution < 1.29 is 14.9 Å². The number of hydrogen-bond donors (Lipinski definition) is 3. The van der Waals surface area contributed by atoms with E-state index in [1.165, 1.54) is 10.8 Å². The second kappa shape index (κ2) is 7.18. The van der Waals surface area contributed by atoms with E-state index < -0.39 is 29.0 Å². The van der Waals surface area contributed by atoms with Gasteiger partial charge in [0.1, 0.15) is 11.9 Å². The van der Waals surface area contributed by atoms with Crippen molar-refractivity contribution in [2.75, 3.05) is 10.1 Å². The van der Waals surface area contributed by atoms with Gasteiger partial charge in [0, 0.05) is 6.20 Å². The van der Waals surface area contributed by atoms with Crippen LogP contribution in [0.15, 0.2) is 17.1 Å². The van der Waals surface area contributed by atoms with Gasteiger partial charge in [0.2, 0.25) is 0 Å². The summed E-state index contributed by atoms with van der Waals surface area (Å²) in [7, 11) is 0. The first-order chi connectivity index (χ1) is 8.58. The van der Waals surface area contributed by atoms with E-state index in [0.29, 0.717) is 5.82 Å². The Kier molecular flexibility index (Phi) is 6.47. The highest BCUT2D eigenvalue weighted by atomic mass is 127. The van der Waals surface area contributed by atoms with Gasteiger partial charge >= 0.3 is 5.69 Å². The summed E-state index contributed by atoms with van der Waals surface area (Å²) in [5.41, 5.74) is -0.489. The molecule has 10 heteroatoms. The van der Waals surface area contributed by atoms with Crippen molar-refractivity contribution in [3.8, 4) is 0 Å². The van der Waals surface area contributed by atoms with Crippen LogP contribution in [0.25, 0.3) is 0 Å². The number of ether oxygens (including phenoxy) is 1. The van der Waals surface area contributed by atoms with Gasteiger partial charge in [-0.1, -0.05) is 15.9 Å². The lowest BCUT2D eigenvalue weighted by atomic mass is 10.2. The largest absolute Gasteiger partial charge is 0.394 e. The quantitative estimate of drug-likeness (QED) is 0.339. The third kappa shape index (κ3) is 3.39. The topological polar surface area (TPSA) is 96.6 Å². The molecule has 0 aliphatic carbocycles. The molecule has 1 aliphatic heterocycles. The van der Waals surface area contributed by atoms with Crippen LogP contribution in [-0.4, -0.2) is 43.4 Å². The average Bonchev–Trinajstić information content (AvgIpc) is 2.66. The number of aromatic nitrogens is 2. The Hall–Kier alpha value is 0.0600. The van der Waals surface area contributed by atoms with Crippen molar-refractivity contribution >= 4 is 57.0 Å². The van der Waals surface area contributed by atoms with Gasteiger partial charge in [-0.15, -0.1) is 12.4 Å². The summed E-state index contributed by atoms with van der Waals surface area (Å²) >= 11 is 5.14. The zero-order valence-corrected chi connectivity index (χ0v) is 14.0. The Morgan fingerprint density at radius 2 is 2.32 bits per heavy atom. The molecular formula is C9H12BrClIN3O4. The minimum Gasteiger partial charge on any atom is -0.394 e. The summed E-state index contributed by atoms with van der Waals surface area (Å²) < 4.78 is 9.43. The maximum atomic E-state index is 11.8. The number of alkyl halides is 1. The Bertz CT molecular complexity index is 491. The smallest absolute Gasteiger partial charge is 0.351 e. The summed E-state index contributed by atoms with van der Waals surface area (Å²) in [6, 6.07) is 1.62. The minimum atomic E-state index is -0.880. The van der Waals surface area contributed by atoms with Gasteiger partial charge < -0.3 is 18.5 Å². The van der Waals surface area contributed by atoms with Gasteiger partial charge in [0.15, 0.2) is 6.23 Å². The average molecular weight is 468 g/mol. The molecule has 108 valence electrons. The molecule has 0 bridgehead atoms. The van der Waals surface area contributed by atoms with Crippen molar-refractivity contribution in [3.63, 3.8) is 0 Å². The standard InChI is InChI=1S/C9H11BrIN3O4.ClH/c10-6-7(16)4(3-15)18-8(6)14-2-1-5(13-11)12-9(14)17;/h1-2,4,6-8,15-16H,3H2,(H,12,13,17);1H/t4-,6+,7-,8-;/m1./s1. The van der Waals surface area contributed by atoms with Crippen LogP contribution in [-0.2, 0) is 4.74 Å². The van der Waals surface area contributed by atoms with Crippen LogP contribution in [0.3, 0.4) is 0 Å². The van der Waals surface area contributed by atoms with Gasteiger partial charge in [-0.2, -0.15) is 4.98 Å².